The molecule has 1 heterocycles. The molecule has 0 amide bonds. The van der Waals surface area contributed by atoms with Crippen molar-refractivity contribution in [1.82, 2.24) is 9.55 Å². The summed E-state index contributed by atoms with van der Waals surface area (Å²) >= 11 is 0. The van der Waals surface area contributed by atoms with Crippen LogP contribution >= 0.6 is 0 Å². The molecule has 3 N–H and O–H groups in total. The highest BCUT2D eigenvalue weighted by atomic mass is 16.4. The first-order valence-electron chi connectivity index (χ1n) is 4.64. The van der Waals surface area contributed by atoms with Gasteiger partial charge in [-0.3, -0.25) is 0 Å². The first-order valence-corrected chi connectivity index (χ1v) is 4.64. The summed E-state index contributed by atoms with van der Waals surface area (Å²) in [7, 11) is 1.83. The van der Waals surface area contributed by atoms with Gasteiger partial charge in [0, 0.05) is 19.5 Å². The molecule has 76 valence electrons. The molecule has 5 nitrogen and oxygen atoms in total. The number of carboxylic acid groups (broad SMARTS) is 1. The molecule has 1 saturated carbocycles. The average molecular weight is 195 g/mol. The van der Waals surface area contributed by atoms with Crippen LogP contribution in [0.4, 0.5) is 0 Å². The van der Waals surface area contributed by atoms with Crippen molar-refractivity contribution in [2.75, 3.05) is 0 Å². The van der Waals surface area contributed by atoms with Gasteiger partial charge in [0.2, 0.25) is 0 Å². The fraction of sp³-hybridized carbons (Fsp3) is 0.556. The van der Waals surface area contributed by atoms with Gasteiger partial charge in [0.25, 0.3) is 0 Å². The highest BCUT2D eigenvalue weighted by Gasteiger charge is 2.31. The fourth-order valence-corrected chi connectivity index (χ4v) is 1.66. The van der Waals surface area contributed by atoms with Gasteiger partial charge >= 0.3 is 5.97 Å². The zero-order valence-electron chi connectivity index (χ0n) is 8.03. The van der Waals surface area contributed by atoms with E-state index in [0.717, 1.165) is 18.7 Å². The van der Waals surface area contributed by atoms with E-state index < -0.39 is 5.97 Å². The molecule has 1 aromatic heterocycles. The summed E-state index contributed by atoms with van der Waals surface area (Å²) in [6.45, 7) is 0.220. The van der Waals surface area contributed by atoms with Crippen LogP contribution < -0.4 is 5.73 Å². The lowest BCUT2D eigenvalue weighted by atomic mass is 10.3. The largest absolute Gasteiger partial charge is 0.476 e. The number of carboxylic acids is 1. The lowest BCUT2D eigenvalue weighted by Gasteiger charge is -2.02. The van der Waals surface area contributed by atoms with Crippen molar-refractivity contribution in [3.05, 3.63) is 17.2 Å². The Balaban J connectivity index is 2.49. The molecule has 0 bridgehead atoms. The van der Waals surface area contributed by atoms with E-state index in [9.17, 15) is 4.79 Å². The molecule has 0 radical (unpaired) electrons. The second kappa shape index (κ2) is 3.09. The van der Waals surface area contributed by atoms with Crippen molar-refractivity contribution in [3.8, 4) is 0 Å². The zero-order valence-corrected chi connectivity index (χ0v) is 8.03. The number of nitrogens with two attached hydrogens (primary N) is 1. The Labute approximate surface area is 81.5 Å². The van der Waals surface area contributed by atoms with Gasteiger partial charge in [-0.1, -0.05) is 0 Å². The van der Waals surface area contributed by atoms with E-state index in [2.05, 4.69) is 4.98 Å². The molecule has 1 aliphatic carbocycles. The summed E-state index contributed by atoms with van der Waals surface area (Å²) in [6, 6.07) is 0. The Bertz CT molecular complexity index is 380. The second-order valence-electron chi connectivity index (χ2n) is 3.61. The maximum absolute atomic E-state index is 10.9. The topological polar surface area (TPSA) is 81.1 Å². The fourth-order valence-electron chi connectivity index (χ4n) is 1.66. The molecule has 1 aromatic rings. The van der Waals surface area contributed by atoms with Crippen LogP contribution in [-0.2, 0) is 13.6 Å². The third-order valence-electron chi connectivity index (χ3n) is 2.59. The lowest BCUT2D eigenvalue weighted by Crippen LogP contribution is -2.10. The molecule has 0 saturated heterocycles. The maximum atomic E-state index is 10.9. The Morgan fingerprint density at radius 2 is 2.36 bits per heavy atom. The molecule has 14 heavy (non-hydrogen) atoms. The first kappa shape index (κ1) is 9.21. The maximum Gasteiger partial charge on any atom is 0.356 e. The van der Waals surface area contributed by atoms with Gasteiger partial charge in [-0.2, -0.15) is 0 Å². The van der Waals surface area contributed by atoms with Gasteiger partial charge in [0.05, 0.1) is 5.69 Å². The summed E-state index contributed by atoms with van der Waals surface area (Å²) in [5.41, 5.74) is 6.22. The van der Waals surface area contributed by atoms with Crippen LogP contribution in [0.1, 0.15) is 40.8 Å². The summed E-state index contributed by atoms with van der Waals surface area (Å²) in [4.78, 5) is 15.0. The monoisotopic (exact) mass is 195 g/mol. The molecule has 0 spiro atoms. The van der Waals surface area contributed by atoms with Crippen molar-refractivity contribution < 1.29 is 9.90 Å². The van der Waals surface area contributed by atoms with Crippen LogP contribution in [0.3, 0.4) is 0 Å². The number of aromatic carboxylic acids is 1. The minimum absolute atomic E-state index is 0.108. The van der Waals surface area contributed by atoms with Crippen LogP contribution in [0, 0.1) is 0 Å². The van der Waals surface area contributed by atoms with Crippen LogP contribution in [0.15, 0.2) is 0 Å². The summed E-state index contributed by atoms with van der Waals surface area (Å²) in [6.07, 6.45) is 2.21. The van der Waals surface area contributed by atoms with Gasteiger partial charge in [0.1, 0.15) is 5.82 Å². The molecule has 0 unspecified atom stereocenters. The smallest absolute Gasteiger partial charge is 0.356 e. The summed E-state index contributed by atoms with van der Waals surface area (Å²) in [5.74, 6) is 0.314. The zero-order chi connectivity index (χ0) is 10.3. The number of hydrogen-bond acceptors (Lipinski definition) is 3. The van der Waals surface area contributed by atoms with Gasteiger partial charge in [0.15, 0.2) is 5.69 Å². The third kappa shape index (κ3) is 1.29. The number of imidazole rings is 1. The van der Waals surface area contributed by atoms with Crippen molar-refractivity contribution in [1.29, 1.82) is 0 Å². The lowest BCUT2D eigenvalue weighted by molar-refractivity contribution is 0.0689. The number of carbonyl (C=O) groups is 1. The molecule has 2 rings (SSSR count). The molecule has 0 atom stereocenters. The summed E-state index contributed by atoms with van der Waals surface area (Å²) < 4.78 is 1.82. The molecule has 0 aromatic carbocycles. The standard InChI is InChI=1S/C9H13N3O2/c1-12-6(4-10)7(9(13)14)11-8(12)5-2-3-5/h5H,2-4,10H2,1H3,(H,13,14). The average Bonchev–Trinajstić information content (AvgIpc) is 2.90. The van der Waals surface area contributed by atoms with E-state index in [1.807, 2.05) is 11.6 Å². The number of aromatic nitrogens is 2. The molecule has 0 aliphatic heterocycles. The Morgan fingerprint density at radius 1 is 1.71 bits per heavy atom. The first-order chi connectivity index (χ1) is 6.65. The highest BCUT2D eigenvalue weighted by Crippen LogP contribution is 2.39. The van der Waals surface area contributed by atoms with Gasteiger partial charge < -0.3 is 15.4 Å². The Hall–Kier alpha value is -1.36. The minimum atomic E-state index is -0.993. The Morgan fingerprint density at radius 3 is 2.71 bits per heavy atom. The van der Waals surface area contributed by atoms with Crippen LogP contribution in [0.2, 0.25) is 0 Å². The predicted molar refractivity (Wildman–Crippen MR) is 50.0 cm³/mol. The van der Waals surface area contributed by atoms with Crippen LogP contribution in [-0.4, -0.2) is 20.6 Å². The van der Waals surface area contributed by atoms with Gasteiger partial charge in [-0.15, -0.1) is 0 Å². The minimum Gasteiger partial charge on any atom is -0.476 e. The predicted octanol–water partition coefficient (Wildman–Crippen LogP) is 0.454. The normalized spacial score (nSPS) is 15.9. The van der Waals surface area contributed by atoms with Crippen molar-refractivity contribution in [2.24, 2.45) is 12.8 Å². The number of hydrogen-bond donors (Lipinski definition) is 2. The van der Waals surface area contributed by atoms with E-state index in [1.54, 1.807) is 0 Å². The third-order valence-corrected chi connectivity index (χ3v) is 2.59. The molecule has 5 heteroatoms. The van der Waals surface area contributed by atoms with Crippen molar-refractivity contribution in [2.45, 2.75) is 25.3 Å². The van der Waals surface area contributed by atoms with Crippen molar-refractivity contribution >= 4 is 5.97 Å². The molecular formula is C9H13N3O2. The van der Waals surface area contributed by atoms with E-state index in [1.165, 1.54) is 0 Å². The van der Waals surface area contributed by atoms with E-state index in [-0.39, 0.29) is 12.2 Å². The van der Waals surface area contributed by atoms with Gasteiger partial charge in [-0.25, -0.2) is 9.78 Å². The van der Waals surface area contributed by atoms with E-state index in [4.69, 9.17) is 10.8 Å². The molecule has 1 fully saturated rings. The highest BCUT2D eigenvalue weighted by molar-refractivity contribution is 5.86. The van der Waals surface area contributed by atoms with Gasteiger partial charge in [-0.05, 0) is 12.8 Å². The van der Waals surface area contributed by atoms with Crippen LogP contribution in [0.25, 0.3) is 0 Å². The van der Waals surface area contributed by atoms with E-state index in [0.29, 0.717) is 11.6 Å². The summed E-state index contributed by atoms with van der Waals surface area (Å²) in [5, 5.41) is 8.91. The second-order valence-corrected chi connectivity index (χ2v) is 3.61. The number of rotatable bonds is 3. The molecular weight excluding hydrogens is 182 g/mol. The SMILES string of the molecule is Cn1c(C2CC2)nc(C(=O)O)c1CN. The van der Waals surface area contributed by atoms with E-state index >= 15 is 0 Å². The Kier molecular flexibility index (Phi) is 2.03. The molecule has 1 aliphatic rings. The van der Waals surface area contributed by atoms with Crippen molar-refractivity contribution in [3.63, 3.8) is 0 Å². The quantitative estimate of drug-likeness (QED) is 0.733. The van der Waals surface area contributed by atoms with Crippen LogP contribution in [0.5, 0.6) is 0 Å². The number of nitrogens with zero attached hydrogens (tertiary/aromatic N) is 2.